The zero-order valence-corrected chi connectivity index (χ0v) is 9.44. The molecular formula is C10H7F7N2O. The topological polar surface area (TPSA) is 69.1 Å². The third-order valence-electron chi connectivity index (χ3n) is 2.50. The molecule has 0 aliphatic rings. The minimum atomic E-state index is -6.27. The maximum atomic E-state index is 13.7. The maximum Gasteiger partial charge on any atom is 0.435 e. The number of nitrogen functional groups attached to an aromatic ring is 1. The molecule has 0 aromatic heterocycles. The SMILES string of the molecule is NC(=O)c1cc(C(F)(C(F)(F)F)C(F)(F)F)ccc1N. The van der Waals surface area contributed by atoms with Crippen molar-refractivity contribution in [2.75, 3.05) is 5.73 Å². The second kappa shape index (κ2) is 4.53. The summed E-state index contributed by atoms with van der Waals surface area (Å²) in [5.74, 6) is -1.38. The van der Waals surface area contributed by atoms with E-state index in [4.69, 9.17) is 11.5 Å². The second-order valence-electron chi connectivity index (χ2n) is 3.82. The van der Waals surface area contributed by atoms with Gasteiger partial charge in [-0.05, 0) is 12.1 Å². The fraction of sp³-hybridized carbons (Fsp3) is 0.300. The Morgan fingerprint density at radius 1 is 0.950 bits per heavy atom. The number of carbonyl (C=O) groups is 1. The molecule has 0 aliphatic carbocycles. The van der Waals surface area contributed by atoms with Gasteiger partial charge >= 0.3 is 18.0 Å². The highest BCUT2D eigenvalue weighted by molar-refractivity contribution is 5.98. The summed E-state index contributed by atoms with van der Waals surface area (Å²) in [7, 11) is 0. The number of nitrogens with two attached hydrogens (primary N) is 2. The third kappa shape index (κ3) is 2.37. The average molecular weight is 304 g/mol. The Morgan fingerprint density at radius 2 is 1.40 bits per heavy atom. The molecule has 0 unspecified atom stereocenters. The predicted molar refractivity (Wildman–Crippen MR) is 54.3 cm³/mol. The molecule has 1 amide bonds. The van der Waals surface area contributed by atoms with Crippen molar-refractivity contribution in [3.63, 3.8) is 0 Å². The fourth-order valence-electron chi connectivity index (χ4n) is 1.47. The molecule has 0 fully saturated rings. The summed E-state index contributed by atoms with van der Waals surface area (Å²) in [6, 6.07) is 0.780. The summed E-state index contributed by atoms with van der Waals surface area (Å²) in [6.07, 6.45) is -12.5. The molecule has 112 valence electrons. The van der Waals surface area contributed by atoms with Crippen molar-refractivity contribution in [1.82, 2.24) is 0 Å². The van der Waals surface area contributed by atoms with Crippen LogP contribution in [0.15, 0.2) is 18.2 Å². The molecule has 0 atom stereocenters. The summed E-state index contributed by atoms with van der Waals surface area (Å²) in [5, 5.41) is 0. The summed E-state index contributed by atoms with van der Waals surface area (Å²) in [5.41, 5.74) is 1.16. The van der Waals surface area contributed by atoms with Gasteiger partial charge in [0.2, 0.25) is 0 Å². The van der Waals surface area contributed by atoms with Crippen molar-refractivity contribution >= 4 is 11.6 Å². The van der Waals surface area contributed by atoms with Crippen LogP contribution >= 0.6 is 0 Å². The summed E-state index contributed by atoms with van der Waals surface area (Å²) in [4.78, 5) is 10.9. The first-order chi connectivity index (χ1) is 8.82. The van der Waals surface area contributed by atoms with E-state index in [1.54, 1.807) is 0 Å². The second-order valence-corrected chi connectivity index (χ2v) is 3.82. The molecule has 3 nitrogen and oxygen atoms in total. The van der Waals surface area contributed by atoms with E-state index in [0.717, 1.165) is 0 Å². The molecule has 0 heterocycles. The van der Waals surface area contributed by atoms with Crippen LogP contribution in [0.25, 0.3) is 0 Å². The number of hydrogen-bond acceptors (Lipinski definition) is 2. The zero-order valence-electron chi connectivity index (χ0n) is 9.44. The van der Waals surface area contributed by atoms with Gasteiger partial charge in [-0.3, -0.25) is 4.79 Å². The van der Waals surface area contributed by atoms with Crippen LogP contribution in [0.1, 0.15) is 15.9 Å². The number of amides is 1. The lowest BCUT2D eigenvalue weighted by Gasteiger charge is -2.30. The Hall–Kier alpha value is -2.00. The predicted octanol–water partition coefficient (Wildman–Crippen LogP) is 2.66. The van der Waals surface area contributed by atoms with E-state index in [1.807, 2.05) is 0 Å². The molecule has 20 heavy (non-hydrogen) atoms. The third-order valence-corrected chi connectivity index (χ3v) is 2.50. The van der Waals surface area contributed by atoms with Crippen molar-refractivity contribution in [2.24, 2.45) is 5.73 Å². The van der Waals surface area contributed by atoms with Crippen LogP contribution in [-0.4, -0.2) is 18.3 Å². The minimum Gasteiger partial charge on any atom is -0.398 e. The molecule has 0 saturated carbocycles. The van der Waals surface area contributed by atoms with Crippen molar-refractivity contribution in [2.45, 2.75) is 18.0 Å². The molecule has 0 bridgehead atoms. The Balaban J connectivity index is 3.61. The van der Waals surface area contributed by atoms with E-state index in [9.17, 15) is 35.5 Å². The van der Waals surface area contributed by atoms with Crippen LogP contribution in [0, 0.1) is 0 Å². The van der Waals surface area contributed by atoms with Gasteiger partial charge in [-0.15, -0.1) is 0 Å². The van der Waals surface area contributed by atoms with E-state index < -0.39 is 40.7 Å². The van der Waals surface area contributed by atoms with Gasteiger partial charge in [0.15, 0.2) is 0 Å². The first kappa shape index (κ1) is 16.1. The van der Waals surface area contributed by atoms with Crippen molar-refractivity contribution in [3.05, 3.63) is 29.3 Å². The average Bonchev–Trinajstić information content (AvgIpc) is 2.25. The first-order valence-electron chi connectivity index (χ1n) is 4.84. The van der Waals surface area contributed by atoms with E-state index in [0.29, 0.717) is 6.07 Å². The van der Waals surface area contributed by atoms with Crippen LogP contribution in [0.3, 0.4) is 0 Å². The summed E-state index contributed by atoms with van der Waals surface area (Å²) in [6.45, 7) is 0. The fourth-order valence-corrected chi connectivity index (χ4v) is 1.47. The number of primary amides is 1. The smallest absolute Gasteiger partial charge is 0.398 e. The largest absolute Gasteiger partial charge is 0.435 e. The highest BCUT2D eigenvalue weighted by atomic mass is 19.4. The minimum absolute atomic E-state index is 0.0403. The number of rotatable bonds is 2. The molecule has 0 aliphatic heterocycles. The van der Waals surface area contributed by atoms with Crippen molar-refractivity contribution < 1.29 is 35.5 Å². The van der Waals surface area contributed by atoms with Gasteiger partial charge in [0.25, 0.3) is 5.91 Å². The molecule has 1 rings (SSSR count). The molecule has 0 spiro atoms. The highest BCUT2D eigenvalue weighted by Gasteiger charge is 2.73. The molecule has 10 heteroatoms. The summed E-state index contributed by atoms with van der Waals surface area (Å²) >= 11 is 0. The van der Waals surface area contributed by atoms with E-state index in [-0.39, 0.29) is 12.1 Å². The number of halogens is 7. The molecule has 1 aromatic carbocycles. The maximum absolute atomic E-state index is 13.7. The van der Waals surface area contributed by atoms with Crippen LogP contribution in [-0.2, 0) is 5.67 Å². The Kier molecular flexibility index (Phi) is 3.64. The van der Waals surface area contributed by atoms with Crippen LogP contribution in [0.4, 0.5) is 36.4 Å². The van der Waals surface area contributed by atoms with Crippen LogP contribution < -0.4 is 11.5 Å². The molecule has 0 radical (unpaired) electrons. The molecule has 0 saturated heterocycles. The lowest BCUT2D eigenvalue weighted by atomic mass is 9.92. The normalized spacial score (nSPS) is 13.3. The zero-order chi connectivity index (χ0) is 15.9. The van der Waals surface area contributed by atoms with E-state index in [2.05, 4.69) is 0 Å². The molecule has 1 aromatic rings. The van der Waals surface area contributed by atoms with E-state index >= 15 is 0 Å². The number of carbonyl (C=O) groups excluding carboxylic acids is 1. The number of alkyl halides is 7. The Morgan fingerprint density at radius 3 is 1.75 bits per heavy atom. The van der Waals surface area contributed by atoms with Crippen molar-refractivity contribution in [1.29, 1.82) is 0 Å². The van der Waals surface area contributed by atoms with Gasteiger partial charge in [-0.1, -0.05) is 6.07 Å². The van der Waals surface area contributed by atoms with Gasteiger partial charge in [0, 0.05) is 11.3 Å². The van der Waals surface area contributed by atoms with E-state index in [1.165, 1.54) is 0 Å². The quantitative estimate of drug-likeness (QED) is 0.651. The molecule has 4 N–H and O–H groups in total. The monoisotopic (exact) mass is 304 g/mol. The van der Waals surface area contributed by atoms with Gasteiger partial charge in [-0.25, -0.2) is 4.39 Å². The number of benzene rings is 1. The van der Waals surface area contributed by atoms with Crippen LogP contribution in [0.2, 0.25) is 0 Å². The van der Waals surface area contributed by atoms with Gasteiger partial charge in [-0.2, -0.15) is 26.3 Å². The molecular weight excluding hydrogens is 297 g/mol. The lowest BCUT2D eigenvalue weighted by Crippen LogP contribution is -2.50. The van der Waals surface area contributed by atoms with Crippen LogP contribution in [0.5, 0.6) is 0 Å². The Labute approximate surface area is 107 Å². The number of anilines is 1. The van der Waals surface area contributed by atoms with Crippen molar-refractivity contribution in [3.8, 4) is 0 Å². The van der Waals surface area contributed by atoms with Gasteiger partial charge in [0.05, 0.1) is 5.56 Å². The highest BCUT2D eigenvalue weighted by Crippen LogP contribution is 2.53. The first-order valence-corrected chi connectivity index (χ1v) is 4.84. The summed E-state index contributed by atoms with van der Waals surface area (Å²) < 4.78 is 88.5. The Bertz CT molecular complexity index is 521. The number of hydrogen-bond donors (Lipinski definition) is 2. The lowest BCUT2D eigenvalue weighted by molar-refractivity contribution is -0.348. The van der Waals surface area contributed by atoms with Gasteiger partial charge in [0.1, 0.15) is 0 Å². The van der Waals surface area contributed by atoms with Gasteiger partial charge < -0.3 is 11.5 Å². The standard InChI is InChI=1S/C10H7F7N2O/c11-8(9(12,13)14,10(15,16)17)4-1-2-6(18)5(3-4)7(19)20/h1-3H,18H2,(H2,19,20).